The van der Waals surface area contributed by atoms with Gasteiger partial charge in [0.25, 0.3) is 0 Å². The molecule has 0 radical (unpaired) electrons. The molecule has 0 aromatic rings. The molecule has 0 saturated carbocycles. The number of hydrogen-bond acceptors (Lipinski definition) is 1. The summed E-state index contributed by atoms with van der Waals surface area (Å²) in [6.45, 7) is 18.3. The van der Waals surface area contributed by atoms with E-state index in [0.29, 0.717) is 11.6 Å². The molecule has 0 aromatic carbocycles. The Bertz CT molecular complexity index is 390. The fraction of sp³-hybridized carbons (Fsp3) is 0.375. The lowest BCUT2D eigenvalue weighted by molar-refractivity contribution is 0.782. The van der Waals surface area contributed by atoms with Crippen molar-refractivity contribution in [2.24, 2.45) is 11.7 Å². The topological polar surface area (TPSA) is 26.0 Å². The Balaban J connectivity index is 5.33. The lowest BCUT2D eigenvalue weighted by Gasteiger charge is -2.13. The molecule has 1 heteroatoms. The van der Waals surface area contributed by atoms with E-state index in [9.17, 15) is 0 Å². The maximum atomic E-state index is 5.87. The van der Waals surface area contributed by atoms with Crippen LogP contribution in [0.2, 0.25) is 0 Å². The molecule has 0 saturated heterocycles. The van der Waals surface area contributed by atoms with E-state index < -0.39 is 0 Å². The van der Waals surface area contributed by atoms with Crippen molar-refractivity contribution in [3.05, 3.63) is 59.4 Å². The average Bonchev–Trinajstić information content (AvgIpc) is 2.24. The van der Waals surface area contributed by atoms with Crippen molar-refractivity contribution in [3.8, 4) is 0 Å². The highest BCUT2D eigenvalue weighted by Crippen LogP contribution is 2.22. The van der Waals surface area contributed by atoms with Gasteiger partial charge in [0.15, 0.2) is 0 Å². The van der Waals surface area contributed by atoms with Crippen LogP contribution in [0.25, 0.3) is 0 Å². The molecule has 0 spiro atoms. The zero-order valence-electron chi connectivity index (χ0n) is 11.8. The van der Waals surface area contributed by atoms with Crippen LogP contribution in [0.5, 0.6) is 0 Å². The Kier molecular flexibility index (Phi) is 6.34. The molecule has 0 atom stereocenters. The average molecular weight is 231 g/mol. The van der Waals surface area contributed by atoms with E-state index in [0.717, 1.165) is 11.1 Å². The molecule has 0 aliphatic carbocycles. The Labute approximate surface area is 106 Å². The summed E-state index contributed by atoms with van der Waals surface area (Å²) in [7, 11) is 0. The van der Waals surface area contributed by atoms with Crippen LogP contribution in [-0.2, 0) is 0 Å². The Morgan fingerprint density at radius 2 is 1.71 bits per heavy atom. The fourth-order valence-corrected chi connectivity index (χ4v) is 1.53. The largest absolute Gasteiger partial charge is 0.399 e. The number of allylic oxidation sites excluding steroid dienone is 7. The summed E-state index contributed by atoms with van der Waals surface area (Å²) in [6.07, 6.45) is 6.08. The fourth-order valence-electron chi connectivity index (χ4n) is 1.53. The molecule has 0 aliphatic rings. The molecule has 0 heterocycles. The molecule has 0 fully saturated rings. The SMILES string of the molecule is C=C(/C=C(/N)C(=C)C)/C(C)=C(\C=C/C)C(C)C. The maximum absolute atomic E-state index is 5.87. The smallest absolute Gasteiger partial charge is 0.0343 e. The van der Waals surface area contributed by atoms with Gasteiger partial charge >= 0.3 is 0 Å². The minimum atomic E-state index is 0.474. The minimum Gasteiger partial charge on any atom is -0.399 e. The van der Waals surface area contributed by atoms with Crippen LogP contribution in [0, 0.1) is 5.92 Å². The van der Waals surface area contributed by atoms with E-state index in [-0.39, 0.29) is 0 Å². The van der Waals surface area contributed by atoms with Crippen molar-refractivity contribution in [2.45, 2.75) is 34.6 Å². The second kappa shape index (κ2) is 6.95. The van der Waals surface area contributed by atoms with Gasteiger partial charge in [-0.15, -0.1) is 0 Å². The van der Waals surface area contributed by atoms with E-state index >= 15 is 0 Å². The molecule has 0 amide bonds. The van der Waals surface area contributed by atoms with Gasteiger partial charge in [0, 0.05) is 5.70 Å². The second-order valence-electron chi connectivity index (χ2n) is 4.64. The van der Waals surface area contributed by atoms with Crippen LogP contribution in [-0.4, -0.2) is 0 Å². The standard InChI is InChI=1S/C16H25N/c1-8-9-15(11(2)3)14(7)13(6)10-16(17)12(4)5/h8-11H,4,6,17H2,1-3,5,7H3/b9-8-,15-14+,16-10+. The Morgan fingerprint density at radius 3 is 2.06 bits per heavy atom. The number of hydrogen-bond donors (Lipinski definition) is 1. The van der Waals surface area contributed by atoms with Crippen LogP contribution < -0.4 is 5.73 Å². The zero-order valence-corrected chi connectivity index (χ0v) is 11.8. The van der Waals surface area contributed by atoms with Gasteiger partial charge in [-0.3, -0.25) is 0 Å². The van der Waals surface area contributed by atoms with E-state index in [2.05, 4.69) is 46.1 Å². The lowest BCUT2D eigenvalue weighted by Crippen LogP contribution is -2.01. The van der Waals surface area contributed by atoms with E-state index in [4.69, 9.17) is 5.73 Å². The highest BCUT2D eigenvalue weighted by atomic mass is 14.6. The van der Waals surface area contributed by atoms with Crippen molar-refractivity contribution in [2.75, 3.05) is 0 Å². The monoisotopic (exact) mass is 231 g/mol. The predicted molar refractivity (Wildman–Crippen MR) is 78.6 cm³/mol. The highest BCUT2D eigenvalue weighted by molar-refractivity contribution is 5.46. The molecule has 1 nitrogen and oxygen atoms in total. The number of nitrogens with two attached hydrogens (primary N) is 1. The summed E-state index contributed by atoms with van der Waals surface area (Å²) < 4.78 is 0. The van der Waals surface area contributed by atoms with Crippen molar-refractivity contribution in [1.29, 1.82) is 0 Å². The van der Waals surface area contributed by atoms with Crippen LogP contribution in [0.15, 0.2) is 59.4 Å². The molecule has 2 N–H and O–H groups in total. The minimum absolute atomic E-state index is 0.474. The lowest BCUT2D eigenvalue weighted by atomic mass is 9.93. The molecule has 94 valence electrons. The third kappa shape index (κ3) is 4.90. The van der Waals surface area contributed by atoms with E-state index in [1.54, 1.807) is 0 Å². The first-order valence-electron chi connectivity index (χ1n) is 5.97. The van der Waals surface area contributed by atoms with Crippen LogP contribution in [0.4, 0.5) is 0 Å². The molecule has 0 aliphatic heterocycles. The second-order valence-corrected chi connectivity index (χ2v) is 4.64. The van der Waals surface area contributed by atoms with Gasteiger partial charge in [-0.1, -0.05) is 39.2 Å². The van der Waals surface area contributed by atoms with Gasteiger partial charge in [0.1, 0.15) is 0 Å². The van der Waals surface area contributed by atoms with Gasteiger partial charge in [-0.25, -0.2) is 0 Å². The Morgan fingerprint density at radius 1 is 1.18 bits per heavy atom. The summed E-state index contributed by atoms with van der Waals surface area (Å²) >= 11 is 0. The van der Waals surface area contributed by atoms with Crippen LogP contribution in [0.1, 0.15) is 34.6 Å². The van der Waals surface area contributed by atoms with Crippen LogP contribution in [0.3, 0.4) is 0 Å². The molecule has 0 aromatic heterocycles. The Hall–Kier alpha value is -1.50. The summed E-state index contributed by atoms with van der Waals surface area (Å²) in [6, 6.07) is 0. The van der Waals surface area contributed by atoms with Gasteiger partial charge in [0.2, 0.25) is 0 Å². The van der Waals surface area contributed by atoms with Crippen molar-refractivity contribution >= 4 is 0 Å². The third-order valence-corrected chi connectivity index (χ3v) is 2.71. The predicted octanol–water partition coefficient (Wildman–Crippen LogP) is 4.51. The molecular weight excluding hydrogens is 206 g/mol. The quantitative estimate of drug-likeness (QED) is 0.692. The third-order valence-electron chi connectivity index (χ3n) is 2.71. The maximum Gasteiger partial charge on any atom is 0.0343 e. The van der Waals surface area contributed by atoms with E-state index in [1.165, 1.54) is 11.1 Å². The number of rotatable bonds is 5. The molecule has 17 heavy (non-hydrogen) atoms. The first kappa shape index (κ1) is 15.5. The van der Waals surface area contributed by atoms with Gasteiger partial charge in [0.05, 0.1) is 0 Å². The van der Waals surface area contributed by atoms with Gasteiger partial charge in [-0.2, -0.15) is 0 Å². The van der Waals surface area contributed by atoms with Crippen LogP contribution >= 0.6 is 0 Å². The molecular formula is C16H25N. The molecule has 0 unspecified atom stereocenters. The van der Waals surface area contributed by atoms with Gasteiger partial charge in [-0.05, 0) is 55.1 Å². The molecule has 0 rings (SSSR count). The van der Waals surface area contributed by atoms with Crippen molar-refractivity contribution in [3.63, 3.8) is 0 Å². The summed E-state index contributed by atoms with van der Waals surface area (Å²) in [5.74, 6) is 0.474. The zero-order chi connectivity index (χ0) is 13.6. The normalized spacial score (nSPS) is 14.1. The summed E-state index contributed by atoms with van der Waals surface area (Å²) in [5, 5.41) is 0. The van der Waals surface area contributed by atoms with E-state index in [1.807, 2.05) is 19.9 Å². The van der Waals surface area contributed by atoms with Gasteiger partial charge < -0.3 is 5.73 Å². The highest BCUT2D eigenvalue weighted by Gasteiger charge is 2.06. The first-order valence-corrected chi connectivity index (χ1v) is 5.97. The molecule has 0 bridgehead atoms. The van der Waals surface area contributed by atoms with Crippen molar-refractivity contribution < 1.29 is 0 Å². The summed E-state index contributed by atoms with van der Waals surface area (Å²) in [5.41, 5.74) is 10.9. The van der Waals surface area contributed by atoms with Crippen molar-refractivity contribution in [1.82, 2.24) is 0 Å². The first-order chi connectivity index (χ1) is 7.81. The summed E-state index contributed by atoms with van der Waals surface area (Å²) in [4.78, 5) is 0.